The molecule has 0 radical (unpaired) electrons. The maximum Gasteiger partial charge on any atom is 0.340 e. The van der Waals surface area contributed by atoms with Crippen molar-refractivity contribution in [2.24, 2.45) is 17.3 Å². The standard InChI is InChI=1S/C36H43NO17/c1-15-16(2)31(44)53-29-26(49-18(4)39)30(52-21(7)42)35(14-47-17(3)38)28(51-20(6)41)25(43)23-27(50-19(5)40)36(35,34(29,9)46)54-33(23,8)13-48-32(45)22-11-10-12-37-24(15)22/h10-12,15-16,23,26-30,46H,13-14H2,1-9H3/t15-,16-,23+,26-,27+,28+,29-,30-,33-,34-,35+,36-/m1/s1. The largest absolute Gasteiger partial charge is 0.465 e. The third kappa shape index (κ3) is 6.08. The van der Waals surface area contributed by atoms with E-state index in [0.29, 0.717) is 0 Å². The second-order valence-electron chi connectivity index (χ2n) is 14.6. The van der Waals surface area contributed by atoms with Gasteiger partial charge >= 0.3 is 41.8 Å². The van der Waals surface area contributed by atoms with Gasteiger partial charge < -0.3 is 43.0 Å². The molecule has 2 saturated carbocycles. The highest BCUT2D eigenvalue weighted by Crippen LogP contribution is 2.69. The maximum atomic E-state index is 15.1. The molecule has 3 fully saturated rings. The van der Waals surface area contributed by atoms with E-state index in [1.807, 2.05) is 0 Å². The van der Waals surface area contributed by atoms with Gasteiger partial charge in [0.2, 0.25) is 0 Å². The number of carbonyl (C=O) groups is 8. The Morgan fingerprint density at radius 3 is 2.02 bits per heavy atom. The van der Waals surface area contributed by atoms with Gasteiger partial charge in [0.15, 0.2) is 35.8 Å². The monoisotopic (exact) mass is 761 g/mol. The van der Waals surface area contributed by atoms with Crippen LogP contribution in [0.4, 0.5) is 0 Å². The molecule has 1 saturated heterocycles. The lowest BCUT2D eigenvalue weighted by atomic mass is 9.45. The highest BCUT2D eigenvalue weighted by atomic mass is 16.7. The molecular formula is C36H43NO17. The van der Waals surface area contributed by atoms with Crippen molar-refractivity contribution in [3.05, 3.63) is 29.6 Å². The molecule has 2 aliphatic heterocycles. The first kappa shape index (κ1) is 40.2. The van der Waals surface area contributed by atoms with E-state index in [2.05, 4.69) is 4.98 Å². The van der Waals surface area contributed by atoms with Gasteiger partial charge in [-0.2, -0.15) is 0 Å². The number of Topliss-reactive ketones (excluding diaryl/α,β-unsaturated/α-hetero) is 1. The van der Waals surface area contributed by atoms with E-state index in [9.17, 15) is 38.7 Å². The van der Waals surface area contributed by atoms with Crippen molar-refractivity contribution in [3.8, 4) is 0 Å². The maximum absolute atomic E-state index is 15.1. The summed E-state index contributed by atoms with van der Waals surface area (Å²) in [6, 6.07) is 2.88. The van der Waals surface area contributed by atoms with Crippen LogP contribution in [0.25, 0.3) is 0 Å². The molecule has 1 spiro atoms. The van der Waals surface area contributed by atoms with Crippen LogP contribution < -0.4 is 0 Å². The number of pyridine rings is 1. The van der Waals surface area contributed by atoms with Crippen molar-refractivity contribution in [2.75, 3.05) is 13.2 Å². The number of hydrogen-bond donors (Lipinski definition) is 1. The zero-order chi connectivity index (χ0) is 40.3. The number of hydrogen-bond acceptors (Lipinski definition) is 18. The number of nitrogens with zero attached hydrogens (tertiary/aromatic N) is 1. The van der Waals surface area contributed by atoms with Crippen molar-refractivity contribution in [3.63, 3.8) is 0 Å². The van der Waals surface area contributed by atoms with Gasteiger partial charge in [-0.05, 0) is 26.0 Å². The van der Waals surface area contributed by atoms with Gasteiger partial charge in [0.05, 0.1) is 23.1 Å². The number of carbonyl (C=O) groups excluding carboxylic acids is 8. The molecule has 1 aromatic heterocycles. The number of ether oxygens (including phenoxy) is 8. The van der Waals surface area contributed by atoms with Crippen LogP contribution in [0.1, 0.15) is 84.3 Å². The Bertz CT molecular complexity index is 1790. The van der Waals surface area contributed by atoms with E-state index < -0.39 is 131 Å². The Kier molecular flexibility index (Phi) is 10.4. The number of rotatable bonds is 6. The van der Waals surface area contributed by atoms with E-state index in [1.54, 1.807) is 6.92 Å². The molecule has 18 nitrogen and oxygen atoms in total. The fraction of sp³-hybridized carbons (Fsp3) is 0.639. The first-order valence-corrected chi connectivity index (χ1v) is 17.2. The number of aromatic nitrogens is 1. The lowest BCUT2D eigenvalue weighted by molar-refractivity contribution is -0.376. The van der Waals surface area contributed by atoms with Gasteiger partial charge in [-0.3, -0.25) is 38.5 Å². The minimum atomic E-state index is -2.82. The van der Waals surface area contributed by atoms with Gasteiger partial charge in [0.1, 0.15) is 35.9 Å². The predicted octanol–water partition coefficient (Wildman–Crippen LogP) is 0.671. The number of fused-ring (bicyclic) bond motifs is 5. The van der Waals surface area contributed by atoms with Crippen LogP contribution in [0.15, 0.2) is 18.3 Å². The Morgan fingerprint density at radius 2 is 1.44 bits per heavy atom. The van der Waals surface area contributed by atoms with Crippen LogP contribution in [0.5, 0.6) is 0 Å². The van der Waals surface area contributed by atoms with Crippen molar-refractivity contribution in [1.29, 1.82) is 0 Å². The zero-order valence-electron chi connectivity index (χ0n) is 31.2. The van der Waals surface area contributed by atoms with Crippen LogP contribution in [0, 0.1) is 17.3 Å². The van der Waals surface area contributed by atoms with Crippen LogP contribution in [0.2, 0.25) is 0 Å². The average Bonchev–Trinajstić information content (AvgIpc) is 3.30. The third-order valence-electron chi connectivity index (χ3n) is 10.9. The molecule has 4 bridgehead atoms. The molecule has 3 heterocycles. The van der Waals surface area contributed by atoms with Crippen LogP contribution >= 0.6 is 0 Å². The summed E-state index contributed by atoms with van der Waals surface area (Å²) < 4.78 is 47.3. The molecule has 54 heavy (non-hydrogen) atoms. The molecule has 1 aromatic rings. The van der Waals surface area contributed by atoms with Gasteiger partial charge in [-0.1, -0.05) is 13.8 Å². The molecule has 2 aliphatic carbocycles. The van der Waals surface area contributed by atoms with Gasteiger partial charge in [-0.25, -0.2) is 4.79 Å². The van der Waals surface area contributed by atoms with Crippen LogP contribution in [0.3, 0.4) is 0 Å². The lowest BCUT2D eigenvalue weighted by Crippen LogP contribution is -2.88. The minimum Gasteiger partial charge on any atom is -0.465 e. The highest BCUT2D eigenvalue weighted by Gasteiger charge is 2.91. The number of aliphatic hydroxyl groups is 1. The van der Waals surface area contributed by atoms with Gasteiger partial charge in [0.25, 0.3) is 0 Å². The molecule has 1 N–H and O–H groups in total. The molecule has 5 rings (SSSR count). The van der Waals surface area contributed by atoms with Crippen LogP contribution in [-0.2, 0) is 71.5 Å². The SMILES string of the molecule is CC(=O)OC[C@]12[C@H](OC(C)=O)[C@H](OC(C)=O)[C@H]3OC(=O)[C@H](C)[C@@H](C)c4ncccc4C(=O)OC[C@@]4(C)O[C@]1([C@@H](OC(C)=O)[C@@H]4C(=O)[C@@H]2OC(C)=O)[C@]3(C)O. The highest BCUT2D eigenvalue weighted by molar-refractivity contribution is 5.94. The van der Waals surface area contributed by atoms with Crippen molar-refractivity contribution < 1.29 is 81.4 Å². The zero-order valence-corrected chi connectivity index (χ0v) is 31.2. The second-order valence-corrected chi connectivity index (χ2v) is 14.6. The number of cyclic esters (lactones) is 1. The van der Waals surface area contributed by atoms with Gasteiger partial charge in [-0.15, -0.1) is 0 Å². The normalized spacial score (nSPS) is 38.4. The Morgan fingerprint density at radius 1 is 0.852 bits per heavy atom. The molecule has 18 heteroatoms. The van der Waals surface area contributed by atoms with E-state index in [0.717, 1.165) is 41.5 Å². The Labute approximate surface area is 309 Å². The molecular weight excluding hydrogens is 718 g/mol. The smallest absolute Gasteiger partial charge is 0.340 e. The molecule has 4 aliphatic rings. The summed E-state index contributed by atoms with van der Waals surface area (Å²) in [6.07, 6.45) is -9.01. The summed E-state index contributed by atoms with van der Waals surface area (Å²) in [5.74, 6) is -12.0. The second kappa shape index (κ2) is 14.0. The summed E-state index contributed by atoms with van der Waals surface area (Å²) >= 11 is 0. The summed E-state index contributed by atoms with van der Waals surface area (Å²) in [4.78, 5) is 112. The molecule has 294 valence electrons. The summed E-state index contributed by atoms with van der Waals surface area (Å²) in [5, 5.41) is 13.2. The lowest BCUT2D eigenvalue weighted by Gasteiger charge is -2.66. The molecule has 0 aromatic carbocycles. The fourth-order valence-corrected chi connectivity index (χ4v) is 8.70. The van der Waals surface area contributed by atoms with E-state index >= 15 is 4.79 Å². The summed E-state index contributed by atoms with van der Waals surface area (Å²) in [7, 11) is 0. The Hall–Kier alpha value is -4.97. The van der Waals surface area contributed by atoms with Crippen molar-refractivity contribution in [1.82, 2.24) is 4.98 Å². The predicted molar refractivity (Wildman–Crippen MR) is 175 cm³/mol. The number of ketones is 1. The van der Waals surface area contributed by atoms with E-state index in [4.69, 9.17) is 37.9 Å². The first-order chi connectivity index (χ1) is 25.1. The summed E-state index contributed by atoms with van der Waals surface area (Å²) in [6.45, 7) is 8.38. The first-order valence-electron chi connectivity index (χ1n) is 17.2. The molecule has 0 amide bonds. The minimum absolute atomic E-state index is 0.0470. The summed E-state index contributed by atoms with van der Waals surface area (Å²) in [5.41, 5.74) is -10.2. The number of esters is 7. The third-order valence-corrected chi connectivity index (χ3v) is 10.9. The van der Waals surface area contributed by atoms with E-state index in [-0.39, 0.29) is 11.3 Å². The topological polar surface area (TPSA) is 244 Å². The Balaban J connectivity index is 1.97. The quantitative estimate of drug-likeness (QED) is 0.309. The molecule has 12 atom stereocenters. The average molecular weight is 762 g/mol. The van der Waals surface area contributed by atoms with Crippen molar-refractivity contribution >= 4 is 47.6 Å². The molecule has 0 unspecified atom stereocenters. The van der Waals surface area contributed by atoms with E-state index in [1.165, 1.54) is 32.2 Å². The fourth-order valence-electron chi connectivity index (χ4n) is 8.70. The van der Waals surface area contributed by atoms with Crippen molar-refractivity contribution in [2.45, 2.75) is 116 Å². The van der Waals surface area contributed by atoms with Gasteiger partial charge in [0, 0.05) is 46.7 Å². The van der Waals surface area contributed by atoms with Crippen LogP contribution in [-0.4, -0.2) is 118 Å².